The van der Waals surface area contributed by atoms with Crippen LogP contribution in [0.25, 0.3) is 66.1 Å². The zero-order valence-corrected chi connectivity index (χ0v) is 43.9. The zero-order chi connectivity index (χ0) is 52.1. The number of para-hydroxylation sites is 7. The topological polar surface area (TPSA) is 21.7 Å². The fourth-order valence-corrected chi connectivity index (χ4v) is 14.5. The molecule has 1 aliphatic carbocycles. The van der Waals surface area contributed by atoms with E-state index in [4.69, 9.17) is 9.47 Å². The van der Waals surface area contributed by atoms with Crippen LogP contribution in [0.2, 0.25) is 0 Å². The van der Waals surface area contributed by atoms with Crippen molar-refractivity contribution in [3.8, 4) is 67.5 Å². The first-order valence-corrected chi connectivity index (χ1v) is 27.3. The lowest BCUT2D eigenvalue weighted by Gasteiger charge is -2.46. The van der Waals surface area contributed by atoms with Gasteiger partial charge in [0.25, 0.3) is 0 Å². The van der Waals surface area contributed by atoms with E-state index in [1.54, 1.807) is 0 Å². The Bertz CT molecular complexity index is 4310. The van der Waals surface area contributed by atoms with Crippen LogP contribution in [0, 0.1) is 0 Å². The number of hydrogen-bond donors (Lipinski definition) is 0. The molecule has 0 radical (unpaired) electrons. The molecule has 0 unspecified atom stereocenters. The first kappa shape index (κ1) is 44.8. The molecule has 3 heteroatoms. The van der Waals surface area contributed by atoms with E-state index >= 15 is 0 Å². The van der Waals surface area contributed by atoms with Crippen molar-refractivity contribution in [3.63, 3.8) is 0 Å². The van der Waals surface area contributed by atoms with Crippen molar-refractivity contribution in [3.05, 3.63) is 293 Å². The number of benzene rings is 12. The van der Waals surface area contributed by atoms with Gasteiger partial charge in [-0.15, -0.1) is 0 Å². The van der Waals surface area contributed by atoms with Crippen LogP contribution in [-0.4, -0.2) is 0 Å². The second-order valence-electron chi connectivity index (χ2n) is 22.6. The third kappa shape index (κ3) is 5.93. The minimum atomic E-state index is -0.621. The summed E-state index contributed by atoms with van der Waals surface area (Å²) in [6.45, 7) is 9.29. The highest BCUT2D eigenvalue weighted by atomic mass is 16.5. The van der Waals surface area contributed by atoms with Crippen molar-refractivity contribution in [1.29, 1.82) is 0 Å². The van der Waals surface area contributed by atoms with Crippen LogP contribution in [0.4, 0.5) is 17.1 Å². The van der Waals surface area contributed by atoms with E-state index in [0.717, 1.165) is 89.4 Å². The van der Waals surface area contributed by atoms with Crippen LogP contribution >= 0.6 is 0 Å². The Morgan fingerprint density at radius 3 is 1.24 bits per heavy atom. The summed E-state index contributed by atoms with van der Waals surface area (Å²) in [7, 11) is 0. The molecule has 3 heterocycles. The van der Waals surface area contributed by atoms with Crippen LogP contribution in [0.1, 0.15) is 72.2 Å². The SMILES string of the molecule is CC1(C)c2ccccc2Oc2c(-c3cccc4c(-c5cccc6c5N(c5ccccc5)c5ccccc5C65c6ccccc6-c6ccccc65)c5cccc(-c6cccc7c6Oc6ccccc6C7(C)C)c5cc34)cccc21. The summed E-state index contributed by atoms with van der Waals surface area (Å²) >= 11 is 0. The third-order valence-electron chi connectivity index (χ3n) is 18.0. The van der Waals surface area contributed by atoms with Crippen molar-refractivity contribution in [2.45, 2.75) is 43.9 Å². The molecule has 4 aliphatic rings. The molecule has 0 amide bonds. The van der Waals surface area contributed by atoms with E-state index in [0.29, 0.717) is 0 Å². The van der Waals surface area contributed by atoms with Gasteiger partial charge in [0.15, 0.2) is 0 Å². The molecule has 16 rings (SSSR count). The highest BCUT2D eigenvalue weighted by molar-refractivity contribution is 6.21. The molecule has 3 nitrogen and oxygen atoms in total. The third-order valence-corrected chi connectivity index (χ3v) is 18.0. The van der Waals surface area contributed by atoms with Gasteiger partial charge < -0.3 is 14.4 Å². The summed E-state index contributed by atoms with van der Waals surface area (Å²) in [6, 6.07) is 92.2. The summed E-state index contributed by atoms with van der Waals surface area (Å²) < 4.78 is 14.2. The van der Waals surface area contributed by atoms with Crippen LogP contribution in [0.3, 0.4) is 0 Å². The molecule has 3 aliphatic heterocycles. The summed E-state index contributed by atoms with van der Waals surface area (Å²) in [5, 5.41) is 4.61. The fraction of sp³-hybridized carbons (Fsp3) is 0.0933. The number of hydrogen-bond acceptors (Lipinski definition) is 3. The van der Waals surface area contributed by atoms with E-state index in [-0.39, 0.29) is 10.8 Å². The van der Waals surface area contributed by atoms with E-state index < -0.39 is 5.41 Å². The van der Waals surface area contributed by atoms with Crippen molar-refractivity contribution in [2.24, 2.45) is 0 Å². The van der Waals surface area contributed by atoms with Crippen molar-refractivity contribution in [1.82, 2.24) is 0 Å². The summed E-state index contributed by atoms with van der Waals surface area (Å²) in [6.07, 6.45) is 0. The molecule has 0 fully saturated rings. The number of ether oxygens (including phenoxy) is 2. The van der Waals surface area contributed by atoms with Gasteiger partial charge in [-0.25, -0.2) is 0 Å². The first-order valence-electron chi connectivity index (χ1n) is 27.3. The van der Waals surface area contributed by atoms with Crippen molar-refractivity contribution >= 4 is 38.6 Å². The summed E-state index contributed by atoms with van der Waals surface area (Å²) in [5.74, 6) is 3.60. The molecular weight excluding hydrogens is 947 g/mol. The molecule has 1 spiro atoms. The normalized spacial score (nSPS) is 15.2. The Morgan fingerprint density at radius 1 is 0.295 bits per heavy atom. The summed E-state index contributed by atoms with van der Waals surface area (Å²) in [5.41, 5.74) is 21.3. The van der Waals surface area contributed by atoms with E-state index in [2.05, 4.69) is 281 Å². The van der Waals surface area contributed by atoms with Gasteiger partial charge in [-0.05, 0) is 108 Å². The number of fused-ring (bicyclic) bond motifs is 15. The van der Waals surface area contributed by atoms with Gasteiger partial charge >= 0.3 is 0 Å². The minimum Gasteiger partial charge on any atom is -0.456 e. The lowest BCUT2D eigenvalue weighted by atomic mass is 9.64. The van der Waals surface area contributed by atoms with Gasteiger partial charge in [0.2, 0.25) is 0 Å². The standard InChI is InChI=1S/C75H53NO2/c1-73(2)61-37-13-16-43-67(61)77-71-53(31-20-40-64(71)73)47-27-18-29-51-56(47)45-57-48(54-32-21-41-65-72(54)78-68-44-17-14-38-62(68)74(65,3)4)28-19-30-52(57)69(51)55-33-22-39-63-70(55)76(46-23-6-5-7-24-46)66-42-15-12-36-60(66)75(63)58-34-10-8-25-49(58)50-26-9-11-35-59(50)75/h5-45H,1-4H3. The molecule has 12 aromatic rings. The van der Waals surface area contributed by atoms with Crippen molar-refractivity contribution in [2.75, 3.05) is 4.90 Å². The second kappa shape index (κ2) is 16.3. The quantitative estimate of drug-likeness (QED) is 0.164. The van der Waals surface area contributed by atoms with E-state index in [9.17, 15) is 0 Å². The van der Waals surface area contributed by atoms with Crippen molar-refractivity contribution < 1.29 is 9.47 Å². The predicted molar refractivity (Wildman–Crippen MR) is 321 cm³/mol. The summed E-state index contributed by atoms with van der Waals surface area (Å²) in [4.78, 5) is 2.55. The maximum Gasteiger partial charge on any atom is 0.139 e. The van der Waals surface area contributed by atoms with Gasteiger partial charge in [-0.1, -0.05) is 240 Å². The highest BCUT2D eigenvalue weighted by Crippen LogP contribution is 2.66. The molecule has 0 aromatic heterocycles. The lowest BCUT2D eigenvalue weighted by molar-refractivity contribution is 0.419. The molecule has 0 saturated heterocycles. The number of anilines is 3. The minimum absolute atomic E-state index is 0.289. The average Bonchev–Trinajstić information content (AvgIpc) is 2.65. The molecule has 370 valence electrons. The van der Waals surface area contributed by atoms with E-state index in [1.807, 2.05) is 0 Å². The van der Waals surface area contributed by atoms with Gasteiger partial charge in [0.1, 0.15) is 23.0 Å². The maximum absolute atomic E-state index is 7.11. The lowest BCUT2D eigenvalue weighted by Crippen LogP contribution is -2.36. The molecular formula is C75H53NO2. The van der Waals surface area contributed by atoms with Crippen LogP contribution in [0.5, 0.6) is 23.0 Å². The van der Waals surface area contributed by atoms with Crippen LogP contribution in [0.15, 0.2) is 249 Å². The first-order chi connectivity index (χ1) is 38.2. The monoisotopic (exact) mass is 999 g/mol. The Labute approximate surface area is 455 Å². The Morgan fingerprint density at radius 2 is 0.692 bits per heavy atom. The molecule has 0 N–H and O–H groups in total. The predicted octanol–water partition coefficient (Wildman–Crippen LogP) is 20.0. The fourth-order valence-electron chi connectivity index (χ4n) is 14.5. The largest absolute Gasteiger partial charge is 0.456 e. The van der Waals surface area contributed by atoms with Gasteiger partial charge in [0, 0.05) is 55.5 Å². The van der Waals surface area contributed by atoms with Crippen LogP contribution in [-0.2, 0) is 16.2 Å². The molecule has 12 aromatic carbocycles. The Kier molecular flexibility index (Phi) is 9.36. The zero-order valence-electron chi connectivity index (χ0n) is 43.9. The van der Waals surface area contributed by atoms with Gasteiger partial charge in [-0.2, -0.15) is 0 Å². The Balaban J connectivity index is 1.05. The Hall–Kier alpha value is -9.44. The highest BCUT2D eigenvalue weighted by Gasteiger charge is 2.52. The van der Waals surface area contributed by atoms with Crippen LogP contribution < -0.4 is 14.4 Å². The molecule has 0 atom stereocenters. The second-order valence-corrected chi connectivity index (χ2v) is 22.6. The number of rotatable bonds is 4. The number of nitrogens with zero attached hydrogens (tertiary/aromatic N) is 1. The van der Waals surface area contributed by atoms with Gasteiger partial charge in [0.05, 0.1) is 16.8 Å². The maximum atomic E-state index is 7.11. The smallest absolute Gasteiger partial charge is 0.139 e. The van der Waals surface area contributed by atoms with Gasteiger partial charge in [-0.3, -0.25) is 0 Å². The average molecular weight is 1000 g/mol. The molecule has 78 heavy (non-hydrogen) atoms. The molecule has 0 saturated carbocycles. The molecule has 0 bridgehead atoms. The van der Waals surface area contributed by atoms with E-state index in [1.165, 1.54) is 61.2 Å².